The molecule has 0 aliphatic carbocycles. The predicted octanol–water partition coefficient (Wildman–Crippen LogP) is 2.41. The highest BCUT2D eigenvalue weighted by molar-refractivity contribution is 5.93. The smallest absolute Gasteiger partial charge is 0.243 e. The van der Waals surface area contributed by atoms with Gasteiger partial charge in [-0.1, -0.05) is 63.2 Å². The highest BCUT2D eigenvalue weighted by atomic mass is 19.1. The van der Waals surface area contributed by atoms with Crippen LogP contribution < -0.4 is 27.0 Å². The third-order valence-electron chi connectivity index (χ3n) is 6.41. The fourth-order valence-electron chi connectivity index (χ4n) is 4.27. The van der Waals surface area contributed by atoms with E-state index in [2.05, 4.69) is 21.3 Å². The van der Waals surface area contributed by atoms with Gasteiger partial charge in [0.25, 0.3) is 0 Å². The van der Waals surface area contributed by atoms with Crippen LogP contribution in [-0.2, 0) is 32.0 Å². The van der Waals surface area contributed by atoms with E-state index >= 15 is 0 Å². The Kier molecular flexibility index (Phi) is 13.8. The number of phenols is 1. The second-order valence-electron chi connectivity index (χ2n) is 11.6. The molecule has 0 aromatic heterocycles. The van der Waals surface area contributed by atoms with Gasteiger partial charge in [-0.15, -0.1) is 0 Å². The van der Waals surface area contributed by atoms with Crippen LogP contribution in [0.5, 0.6) is 5.75 Å². The Morgan fingerprint density at radius 2 is 1.49 bits per heavy atom. The maximum absolute atomic E-state index is 14.5. The Balaban J connectivity index is 1.99. The maximum atomic E-state index is 14.5. The van der Waals surface area contributed by atoms with Gasteiger partial charge in [0.15, 0.2) is 0 Å². The van der Waals surface area contributed by atoms with Gasteiger partial charge in [0.1, 0.15) is 23.7 Å². The first kappa shape index (κ1) is 34.9. The van der Waals surface area contributed by atoms with Crippen molar-refractivity contribution in [2.45, 2.75) is 71.5 Å². The van der Waals surface area contributed by atoms with Crippen molar-refractivity contribution in [2.75, 3.05) is 13.1 Å². The van der Waals surface area contributed by atoms with Crippen molar-refractivity contribution in [3.63, 3.8) is 0 Å². The van der Waals surface area contributed by atoms with E-state index in [1.54, 1.807) is 19.1 Å². The molecule has 43 heavy (non-hydrogen) atoms. The van der Waals surface area contributed by atoms with E-state index in [9.17, 15) is 28.7 Å². The second kappa shape index (κ2) is 17.0. The molecule has 10 nitrogen and oxygen atoms in total. The number of carbonyl (C=O) groups excluding carboxylic acids is 4. The zero-order chi connectivity index (χ0) is 32.0. The van der Waals surface area contributed by atoms with Crippen LogP contribution in [0.15, 0.2) is 66.5 Å². The molecule has 7 N–H and O–H groups in total. The molecule has 0 fully saturated rings. The quantitative estimate of drug-likeness (QED) is 0.185. The van der Waals surface area contributed by atoms with Crippen LogP contribution in [0.4, 0.5) is 4.39 Å². The minimum atomic E-state index is -1.01. The summed E-state index contributed by atoms with van der Waals surface area (Å²) in [5.74, 6) is -2.66. The van der Waals surface area contributed by atoms with Crippen LogP contribution in [0.1, 0.15) is 51.7 Å². The van der Waals surface area contributed by atoms with Crippen LogP contribution in [0.25, 0.3) is 0 Å². The number of amides is 4. The molecule has 2 rings (SSSR count). The van der Waals surface area contributed by atoms with Gasteiger partial charge in [0.05, 0.1) is 12.6 Å². The lowest BCUT2D eigenvalue weighted by atomic mass is 9.87. The van der Waals surface area contributed by atoms with Crippen molar-refractivity contribution >= 4 is 23.6 Å². The Bertz CT molecular complexity index is 1250. The summed E-state index contributed by atoms with van der Waals surface area (Å²) in [4.78, 5) is 51.1. The zero-order valence-corrected chi connectivity index (χ0v) is 25.3. The molecule has 0 bridgehead atoms. The Morgan fingerprint density at radius 3 is 2.09 bits per heavy atom. The fraction of sp³-hybridized carbons (Fsp3) is 0.438. The monoisotopic (exact) mass is 597 g/mol. The van der Waals surface area contributed by atoms with E-state index in [0.717, 1.165) is 17.2 Å². The molecule has 0 heterocycles. The standard InChI is InChI=1S/C32H44FN5O5/c1-5-35-30(42)27(19-32(2,3)4)38-31(43)26(18-21-9-7-6-8-10-21)37-29(41)20-36-28(40)16-15-24(33)25(34)17-22-11-13-23(39)14-12-22/h6-15,25-27,39H,5,16-20,34H2,1-4H3,(H,35,42)(H,36,40)(H,37,41)(H,38,43). The van der Waals surface area contributed by atoms with Crippen LogP contribution in [0.2, 0.25) is 0 Å². The van der Waals surface area contributed by atoms with Crippen molar-refractivity contribution in [2.24, 2.45) is 11.1 Å². The first-order valence-electron chi connectivity index (χ1n) is 14.3. The number of hydrogen-bond acceptors (Lipinski definition) is 6. The molecule has 0 spiro atoms. The summed E-state index contributed by atoms with van der Waals surface area (Å²) in [5.41, 5.74) is 7.14. The molecule has 2 aromatic carbocycles. The molecule has 0 saturated heterocycles. The Labute approximate surface area is 252 Å². The summed E-state index contributed by atoms with van der Waals surface area (Å²) < 4.78 is 14.5. The number of carbonyl (C=O) groups is 4. The van der Waals surface area contributed by atoms with Crippen molar-refractivity contribution in [1.82, 2.24) is 21.3 Å². The number of likely N-dealkylation sites (N-methyl/N-ethyl adjacent to an activating group) is 1. The molecule has 3 unspecified atom stereocenters. The van der Waals surface area contributed by atoms with E-state index in [0.29, 0.717) is 13.0 Å². The molecule has 3 atom stereocenters. The van der Waals surface area contributed by atoms with Gasteiger partial charge in [0, 0.05) is 19.4 Å². The van der Waals surface area contributed by atoms with E-state index in [-0.39, 0.29) is 36.3 Å². The highest BCUT2D eigenvalue weighted by Gasteiger charge is 2.30. The average molecular weight is 598 g/mol. The SMILES string of the molecule is CCNC(=O)C(CC(C)(C)C)NC(=O)C(Cc1ccccc1)NC(=O)CNC(=O)CC=C(F)C(N)Cc1ccc(O)cc1. The molecular formula is C32H44FN5O5. The summed E-state index contributed by atoms with van der Waals surface area (Å²) in [5, 5.41) is 20.0. The fourth-order valence-corrected chi connectivity index (χ4v) is 4.27. The molecular weight excluding hydrogens is 553 g/mol. The molecule has 0 radical (unpaired) electrons. The van der Waals surface area contributed by atoms with Crippen molar-refractivity contribution in [3.05, 3.63) is 77.6 Å². The third kappa shape index (κ3) is 13.5. The molecule has 234 valence electrons. The summed E-state index contributed by atoms with van der Waals surface area (Å²) in [6.07, 6.45) is 1.44. The lowest BCUT2D eigenvalue weighted by Gasteiger charge is -2.28. The maximum Gasteiger partial charge on any atom is 0.243 e. The van der Waals surface area contributed by atoms with E-state index in [1.165, 1.54) is 12.1 Å². The third-order valence-corrected chi connectivity index (χ3v) is 6.41. The average Bonchev–Trinajstić information content (AvgIpc) is 2.95. The summed E-state index contributed by atoms with van der Waals surface area (Å²) in [6.45, 7) is 7.64. The molecule has 11 heteroatoms. The second-order valence-corrected chi connectivity index (χ2v) is 11.6. The number of rotatable bonds is 15. The largest absolute Gasteiger partial charge is 0.508 e. The number of benzene rings is 2. The lowest BCUT2D eigenvalue weighted by Crippen LogP contribution is -2.56. The van der Waals surface area contributed by atoms with Crippen molar-refractivity contribution < 1.29 is 28.7 Å². The first-order chi connectivity index (χ1) is 20.3. The van der Waals surface area contributed by atoms with Crippen LogP contribution in [0, 0.1) is 5.41 Å². The van der Waals surface area contributed by atoms with Gasteiger partial charge < -0.3 is 32.1 Å². The lowest BCUT2D eigenvalue weighted by molar-refractivity contribution is -0.132. The normalized spacial score (nSPS) is 13.8. The summed E-state index contributed by atoms with van der Waals surface area (Å²) >= 11 is 0. The van der Waals surface area contributed by atoms with Crippen LogP contribution >= 0.6 is 0 Å². The van der Waals surface area contributed by atoms with Gasteiger partial charge in [0.2, 0.25) is 23.6 Å². The van der Waals surface area contributed by atoms with Gasteiger partial charge in [-0.2, -0.15) is 0 Å². The number of aromatic hydroxyl groups is 1. The van der Waals surface area contributed by atoms with E-state index < -0.39 is 48.2 Å². The number of hydrogen-bond donors (Lipinski definition) is 6. The summed E-state index contributed by atoms with van der Waals surface area (Å²) in [7, 11) is 0. The van der Waals surface area contributed by atoms with E-state index in [4.69, 9.17) is 5.73 Å². The molecule has 0 aliphatic rings. The predicted molar refractivity (Wildman–Crippen MR) is 163 cm³/mol. The van der Waals surface area contributed by atoms with Crippen LogP contribution in [-0.4, -0.2) is 60.0 Å². The van der Waals surface area contributed by atoms with Gasteiger partial charge >= 0.3 is 0 Å². The molecule has 4 amide bonds. The minimum Gasteiger partial charge on any atom is -0.508 e. The van der Waals surface area contributed by atoms with Gasteiger partial charge in [-0.3, -0.25) is 19.2 Å². The minimum absolute atomic E-state index is 0.0881. The molecule has 0 saturated carbocycles. The number of nitrogens with one attached hydrogen (secondary N) is 4. The zero-order valence-electron chi connectivity index (χ0n) is 25.3. The summed E-state index contributed by atoms with van der Waals surface area (Å²) in [6, 6.07) is 12.5. The molecule has 0 aliphatic heterocycles. The van der Waals surface area contributed by atoms with Crippen molar-refractivity contribution in [3.8, 4) is 5.75 Å². The Hall–Kier alpha value is -4.25. The Morgan fingerprint density at radius 1 is 0.860 bits per heavy atom. The highest BCUT2D eigenvalue weighted by Crippen LogP contribution is 2.21. The first-order valence-corrected chi connectivity index (χ1v) is 14.3. The topological polar surface area (TPSA) is 163 Å². The van der Waals surface area contributed by atoms with Gasteiger partial charge in [-0.25, -0.2) is 4.39 Å². The molecule has 2 aromatic rings. The van der Waals surface area contributed by atoms with Crippen molar-refractivity contribution in [1.29, 1.82) is 0 Å². The van der Waals surface area contributed by atoms with Crippen LogP contribution in [0.3, 0.4) is 0 Å². The number of halogens is 1. The number of phenolic OH excluding ortho intramolecular Hbond substituents is 1. The van der Waals surface area contributed by atoms with E-state index in [1.807, 2.05) is 51.1 Å². The van der Waals surface area contributed by atoms with Gasteiger partial charge in [-0.05, 0) is 54.5 Å². The number of nitrogens with two attached hydrogens (primary N) is 1.